The van der Waals surface area contributed by atoms with E-state index in [1.807, 2.05) is 0 Å². The summed E-state index contributed by atoms with van der Waals surface area (Å²) in [6, 6.07) is 0. The number of ether oxygens (including phenoxy) is 2. The molecule has 1 atom stereocenters. The average Bonchev–Trinajstić information content (AvgIpc) is 2.85. The van der Waals surface area contributed by atoms with Crippen molar-refractivity contribution in [1.29, 1.82) is 0 Å². The summed E-state index contributed by atoms with van der Waals surface area (Å²) in [5.74, 6) is -0.392. The Kier molecular flexibility index (Phi) is 4.79. The number of hydrogen-bond acceptors (Lipinski definition) is 6. The number of carbonyl (C=O) groups excluding carboxylic acids is 1. The van der Waals surface area contributed by atoms with E-state index in [4.69, 9.17) is 21.1 Å². The van der Waals surface area contributed by atoms with E-state index < -0.39 is 5.97 Å². The summed E-state index contributed by atoms with van der Waals surface area (Å²) in [7, 11) is 0. The third-order valence-corrected chi connectivity index (χ3v) is 4.31. The molecule has 0 aliphatic carbocycles. The first-order valence-corrected chi connectivity index (χ1v) is 8.49. The molecule has 0 aromatic carbocycles. The van der Waals surface area contributed by atoms with Crippen LogP contribution in [0.4, 0.5) is 0 Å². The summed E-state index contributed by atoms with van der Waals surface area (Å²) in [4.78, 5) is 20.0. The number of hydrogen-bond donors (Lipinski definition) is 0. The van der Waals surface area contributed by atoms with E-state index >= 15 is 0 Å². The van der Waals surface area contributed by atoms with Gasteiger partial charge in [-0.1, -0.05) is 18.5 Å². The smallest absolute Gasteiger partial charge is 0.312 e. The highest BCUT2D eigenvalue weighted by atomic mass is 127. The van der Waals surface area contributed by atoms with Crippen LogP contribution in [0, 0.1) is 3.70 Å². The van der Waals surface area contributed by atoms with E-state index in [9.17, 15) is 4.79 Å². The molecule has 0 spiro atoms. The Labute approximate surface area is 145 Å². The van der Waals surface area contributed by atoms with E-state index in [-0.39, 0.29) is 23.7 Å². The SMILES string of the molecule is CCC(=O)Oc1nc2c(I)nn(C3CCCCO3)c2nc1Cl. The monoisotopic (exact) mass is 436 g/mol. The van der Waals surface area contributed by atoms with Crippen LogP contribution in [0.15, 0.2) is 0 Å². The van der Waals surface area contributed by atoms with Crippen LogP contribution < -0.4 is 4.74 Å². The lowest BCUT2D eigenvalue weighted by Gasteiger charge is -2.22. The molecule has 3 rings (SSSR count). The Morgan fingerprint density at radius 1 is 1.50 bits per heavy atom. The molecule has 0 bridgehead atoms. The van der Waals surface area contributed by atoms with Crippen LogP contribution in [0.2, 0.25) is 5.15 Å². The summed E-state index contributed by atoms with van der Waals surface area (Å²) < 4.78 is 13.2. The molecule has 1 fully saturated rings. The van der Waals surface area contributed by atoms with Gasteiger partial charge in [0.2, 0.25) is 0 Å². The number of rotatable bonds is 3. The van der Waals surface area contributed by atoms with Gasteiger partial charge in [0, 0.05) is 13.0 Å². The van der Waals surface area contributed by atoms with Crippen molar-refractivity contribution < 1.29 is 14.3 Å². The standard InChI is InChI=1S/C13H14ClIN4O3/c1-2-8(20)22-13-10(14)17-12-9(16-13)11(15)18-19(12)7-5-3-4-6-21-7/h7H,2-6H2,1H3. The van der Waals surface area contributed by atoms with E-state index in [2.05, 4.69) is 37.7 Å². The number of fused-ring (bicyclic) bond motifs is 1. The first-order chi connectivity index (χ1) is 10.6. The molecule has 9 heteroatoms. The topological polar surface area (TPSA) is 79.1 Å². The second-order valence-electron chi connectivity index (χ2n) is 4.88. The lowest BCUT2D eigenvalue weighted by Crippen LogP contribution is -2.19. The van der Waals surface area contributed by atoms with Crippen molar-refractivity contribution in [3.63, 3.8) is 0 Å². The van der Waals surface area contributed by atoms with Crippen LogP contribution >= 0.6 is 34.2 Å². The summed E-state index contributed by atoms with van der Waals surface area (Å²) in [5.41, 5.74) is 1.09. The van der Waals surface area contributed by atoms with Gasteiger partial charge in [0.25, 0.3) is 5.88 Å². The first kappa shape index (κ1) is 15.9. The Morgan fingerprint density at radius 3 is 3.00 bits per heavy atom. The van der Waals surface area contributed by atoms with Gasteiger partial charge in [-0.3, -0.25) is 4.79 Å². The van der Waals surface area contributed by atoms with Crippen molar-refractivity contribution in [3.05, 3.63) is 8.85 Å². The molecule has 2 aromatic rings. The minimum Gasteiger partial charge on any atom is -0.404 e. The van der Waals surface area contributed by atoms with Gasteiger partial charge in [0.1, 0.15) is 5.52 Å². The van der Waals surface area contributed by atoms with Gasteiger partial charge in [-0.25, -0.2) is 14.6 Å². The molecule has 0 saturated carbocycles. The molecular weight excluding hydrogens is 423 g/mol. The van der Waals surface area contributed by atoms with Crippen molar-refractivity contribution in [2.75, 3.05) is 6.61 Å². The van der Waals surface area contributed by atoms with Crippen LogP contribution in [0.3, 0.4) is 0 Å². The number of carbonyl (C=O) groups is 1. The Balaban J connectivity index is 2.03. The van der Waals surface area contributed by atoms with Crippen molar-refractivity contribution in [1.82, 2.24) is 19.7 Å². The molecule has 1 aliphatic rings. The fourth-order valence-electron chi connectivity index (χ4n) is 2.24. The lowest BCUT2D eigenvalue weighted by atomic mass is 10.2. The number of esters is 1. The molecule has 1 saturated heterocycles. The predicted molar refractivity (Wildman–Crippen MR) is 87.8 cm³/mol. The highest BCUT2D eigenvalue weighted by Gasteiger charge is 2.24. The molecule has 0 radical (unpaired) electrons. The van der Waals surface area contributed by atoms with Gasteiger partial charge in [-0.05, 0) is 41.9 Å². The Bertz CT molecular complexity index is 715. The van der Waals surface area contributed by atoms with Gasteiger partial charge in [0.15, 0.2) is 20.7 Å². The zero-order valence-electron chi connectivity index (χ0n) is 11.9. The van der Waals surface area contributed by atoms with Crippen molar-refractivity contribution >= 4 is 51.3 Å². The zero-order chi connectivity index (χ0) is 15.7. The fraction of sp³-hybridized carbons (Fsp3) is 0.538. The van der Waals surface area contributed by atoms with Crippen LogP contribution in [0.5, 0.6) is 5.88 Å². The summed E-state index contributed by atoms with van der Waals surface area (Å²) in [6.07, 6.45) is 3.09. The molecule has 2 aromatic heterocycles. The van der Waals surface area contributed by atoms with Gasteiger partial charge in [-0.15, -0.1) is 0 Å². The van der Waals surface area contributed by atoms with Crippen LogP contribution in [0.1, 0.15) is 38.8 Å². The fourth-order valence-corrected chi connectivity index (χ4v) is 3.00. The number of halogens is 2. The minimum absolute atomic E-state index is 0.0167. The van der Waals surface area contributed by atoms with Gasteiger partial charge in [-0.2, -0.15) is 5.10 Å². The van der Waals surface area contributed by atoms with E-state index in [0.717, 1.165) is 19.3 Å². The molecule has 22 heavy (non-hydrogen) atoms. The summed E-state index contributed by atoms with van der Waals surface area (Å²) in [5, 5.41) is 4.49. The van der Waals surface area contributed by atoms with Crippen molar-refractivity contribution in [2.45, 2.75) is 38.8 Å². The number of aromatic nitrogens is 4. The van der Waals surface area contributed by atoms with Crippen LogP contribution in [-0.4, -0.2) is 32.3 Å². The minimum atomic E-state index is -0.409. The average molecular weight is 437 g/mol. The van der Waals surface area contributed by atoms with E-state index in [1.165, 1.54) is 0 Å². The van der Waals surface area contributed by atoms with Crippen molar-refractivity contribution in [3.8, 4) is 5.88 Å². The third-order valence-electron chi connectivity index (χ3n) is 3.34. The summed E-state index contributed by atoms with van der Waals surface area (Å²) >= 11 is 8.16. The highest BCUT2D eigenvalue weighted by Crippen LogP contribution is 2.30. The predicted octanol–water partition coefficient (Wildman–Crippen LogP) is 3.10. The molecule has 0 amide bonds. The quantitative estimate of drug-likeness (QED) is 0.543. The van der Waals surface area contributed by atoms with E-state index in [0.29, 0.717) is 21.5 Å². The maximum Gasteiger partial charge on any atom is 0.312 e. The Morgan fingerprint density at radius 2 is 2.32 bits per heavy atom. The van der Waals surface area contributed by atoms with Gasteiger partial charge >= 0.3 is 5.97 Å². The van der Waals surface area contributed by atoms with Gasteiger partial charge < -0.3 is 9.47 Å². The lowest BCUT2D eigenvalue weighted by molar-refractivity contribution is -0.134. The molecule has 0 N–H and O–H groups in total. The second-order valence-corrected chi connectivity index (χ2v) is 6.26. The molecule has 1 aliphatic heterocycles. The third kappa shape index (κ3) is 3.04. The summed E-state index contributed by atoms with van der Waals surface area (Å²) in [6.45, 7) is 2.40. The maximum absolute atomic E-state index is 11.4. The molecular formula is C13H14ClIN4O3. The van der Waals surface area contributed by atoms with E-state index in [1.54, 1.807) is 11.6 Å². The number of nitrogens with zero attached hydrogens (tertiary/aromatic N) is 4. The molecule has 7 nitrogen and oxygen atoms in total. The highest BCUT2D eigenvalue weighted by molar-refractivity contribution is 14.1. The van der Waals surface area contributed by atoms with Crippen LogP contribution in [-0.2, 0) is 9.53 Å². The van der Waals surface area contributed by atoms with Crippen molar-refractivity contribution in [2.24, 2.45) is 0 Å². The van der Waals surface area contributed by atoms with Crippen LogP contribution in [0.25, 0.3) is 11.2 Å². The Hall–Kier alpha value is -1.00. The van der Waals surface area contributed by atoms with Gasteiger partial charge in [0.05, 0.1) is 0 Å². The maximum atomic E-state index is 11.4. The zero-order valence-corrected chi connectivity index (χ0v) is 14.8. The largest absolute Gasteiger partial charge is 0.404 e. The molecule has 118 valence electrons. The molecule has 1 unspecified atom stereocenters. The first-order valence-electron chi connectivity index (χ1n) is 7.03. The normalized spacial score (nSPS) is 18.6. The second kappa shape index (κ2) is 6.63. The molecule has 3 heterocycles.